The molecule has 4 rings (SSSR count). The molecule has 2 N–H and O–H groups in total. The summed E-state index contributed by atoms with van der Waals surface area (Å²) in [6.07, 6.45) is 8.59. The quantitative estimate of drug-likeness (QED) is 0.666. The minimum atomic E-state index is -3.27. The van der Waals surface area contributed by atoms with Gasteiger partial charge in [0, 0.05) is 0 Å². The molecule has 23 heavy (non-hydrogen) atoms. The van der Waals surface area contributed by atoms with Gasteiger partial charge < -0.3 is 14.8 Å². The van der Waals surface area contributed by atoms with E-state index in [2.05, 4.69) is 0 Å². The van der Waals surface area contributed by atoms with Crippen molar-refractivity contribution in [2.75, 3.05) is 0 Å². The summed E-state index contributed by atoms with van der Waals surface area (Å²) in [6, 6.07) is 0. The molecule has 0 aromatic heterocycles. The Balaban J connectivity index is 1.73. The van der Waals surface area contributed by atoms with E-state index in [-0.39, 0.29) is 12.2 Å². The van der Waals surface area contributed by atoms with Gasteiger partial charge in [0.1, 0.15) is 5.78 Å². The lowest BCUT2D eigenvalue weighted by Crippen LogP contribution is -2.48. The van der Waals surface area contributed by atoms with Crippen molar-refractivity contribution in [3.05, 3.63) is 0 Å². The zero-order chi connectivity index (χ0) is 16.8. The molecule has 0 heterocycles. The van der Waals surface area contributed by atoms with Crippen LogP contribution in [0.3, 0.4) is 0 Å². The highest BCUT2D eigenvalue weighted by Gasteiger charge is 2.53. The molecule has 4 nitrogen and oxygen atoms in total. The second-order valence-electron chi connectivity index (χ2n) is 9.04. The average molecular weight is 343 g/mol. The Hall–Kier alpha value is 0.110. The van der Waals surface area contributed by atoms with Gasteiger partial charge in [-0.25, -0.2) is 0 Å². The van der Waals surface area contributed by atoms with E-state index in [0.717, 1.165) is 24.2 Å². The monoisotopic (exact) mass is 343 g/mol. The molecular weight excluding hydrogens is 309 g/mol. The van der Waals surface area contributed by atoms with E-state index in [1.54, 1.807) is 0 Å². The van der Waals surface area contributed by atoms with Gasteiger partial charge in [-0.1, -0.05) is 0 Å². The molecule has 4 aliphatic carbocycles. The lowest BCUT2D eigenvalue weighted by atomic mass is 9.49. The fourth-order valence-electron chi connectivity index (χ4n) is 5.86. The smallest absolute Gasteiger partial charge is 0.318 e. The molecule has 5 heteroatoms. The zero-order valence-corrected chi connectivity index (χ0v) is 16.1. The molecule has 1 atom stereocenters. The third kappa shape index (κ3) is 3.86. The van der Waals surface area contributed by atoms with Crippen LogP contribution in [0.4, 0.5) is 0 Å². The summed E-state index contributed by atoms with van der Waals surface area (Å²) in [5.74, 6) is 2.14. The summed E-state index contributed by atoms with van der Waals surface area (Å²) >= 11 is 0. The van der Waals surface area contributed by atoms with Crippen LogP contribution in [0, 0.1) is 23.2 Å². The molecule has 134 valence electrons. The number of hydrogen-bond acceptors (Lipinski definition) is 4. The first-order chi connectivity index (χ1) is 10.7. The number of rotatable bonds is 7. The fraction of sp³-hybridized carbons (Fsp3) is 1.00. The fourth-order valence-corrected chi connectivity index (χ4v) is 8.01. The molecule has 4 bridgehead atoms. The van der Waals surface area contributed by atoms with E-state index in [0.29, 0.717) is 5.41 Å². The molecule has 0 amide bonds. The Morgan fingerprint density at radius 1 is 0.957 bits per heavy atom. The van der Waals surface area contributed by atoms with Crippen LogP contribution >= 0.6 is 7.60 Å². The number of nitrogens with two attached hydrogens (primary N) is 1. The van der Waals surface area contributed by atoms with E-state index < -0.39 is 13.4 Å². The van der Waals surface area contributed by atoms with E-state index in [4.69, 9.17) is 14.8 Å². The lowest BCUT2D eigenvalue weighted by Gasteiger charge is -2.57. The van der Waals surface area contributed by atoms with Crippen LogP contribution in [0.25, 0.3) is 0 Å². The molecule has 0 radical (unpaired) electrons. The zero-order valence-electron chi connectivity index (χ0n) is 15.2. The summed E-state index contributed by atoms with van der Waals surface area (Å²) in [4.78, 5) is 0. The van der Waals surface area contributed by atoms with Crippen LogP contribution in [-0.2, 0) is 13.6 Å². The highest BCUT2D eigenvalue weighted by atomic mass is 31.2. The van der Waals surface area contributed by atoms with Gasteiger partial charge >= 0.3 is 7.60 Å². The molecule has 0 aromatic rings. The van der Waals surface area contributed by atoms with E-state index >= 15 is 0 Å². The molecule has 0 aliphatic heterocycles. The molecule has 4 aliphatic rings. The summed E-state index contributed by atoms with van der Waals surface area (Å²) in [7, 11) is -3.27. The highest BCUT2D eigenvalue weighted by Crippen LogP contribution is 2.64. The van der Waals surface area contributed by atoms with Crippen molar-refractivity contribution in [1.29, 1.82) is 0 Å². The van der Waals surface area contributed by atoms with Crippen molar-refractivity contribution in [2.24, 2.45) is 28.9 Å². The summed E-state index contributed by atoms with van der Waals surface area (Å²) in [5.41, 5.74) is 6.75. The first-order valence-electron chi connectivity index (χ1n) is 9.42. The Bertz CT molecular complexity index is 428. The molecule has 4 fully saturated rings. The summed E-state index contributed by atoms with van der Waals surface area (Å²) in [6.45, 7) is 7.59. The van der Waals surface area contributed by atoms with E-state index in [9.17, 15) is 4.57 Å². The number of hydrogen-bond donors (Lipinski definition) is 1. The minimum absolute atomic E-state index is 0.137. The lowest BCUT2D eigenvalue weighted by molar-refractivity contribution is -0.0587. The third-order valence-corrected chi connectivity index (χ3v) is 8.35. The van der Waals surface area contributed by atoms with Crippen LogP contribution in [0.1, 0.15) is 72.6 Å². The molecule has 0 aromatic carbocycles. The van der Waals surface area contributed by atoms with Gasteiger partial charge in [0.25, 0.3) is 0 Å². The first-order valence-corrected chi connectivity index (χ1v) is 11.0. The SMILES string of the molecule is CC(C)OP(=O)(OC(C)C)[C@@H](N)CC12CC3CC(CC(C3)C1)C2. The van der Waals surface area contributed by atoms with Gasteiger partial charge in [0.15, 0.2) is 0 Å². The normalized spacial score (nSPS) is 37.8. The van der Waals surface area contributed by atoms with Gasteiger partial charge in [-0.3, -0.25) is 4.57 Å². The predicted molar refractivity (Wildman–Crippen MR) is 93.2 cm³/mol. The topological polar surface area (TPSA) is 61.5 Å². The van der Waals surface area contributed by atoms with Crippen molar-refractivity contribution in [3.63, 3.8) is 0 Å². The van der Waals surface area contributed by atoms with Gasteiger partial charge in [-0.2, -0.15) is 0 Å². The van der Waals surface area contributed by atoms with Crippen LogP contribution < -0.4 is 5.73 Å². The van der Waals surface area contributed by atoms with Crippen LogP contribution in [-0.4, -0.2) is 18.0 Å². The van der Waals surface area contributed by atoms with Crippen LogP contribution in [0.15, 0.2) is 0 Å². The van der Waals surface area contributed by atoms with E-state index in [1.807, 2.05) is 27.7 Å². The average Bonchev–Trinajstić information content (AvgIpc) is 2.33. The largest absolute Gasteiger partial charge is 0.347 e. The maximum absolute atomic E-state index is 13.3. The maximum Gasteiger partial charge on any atom is 0.347 e. The Morgan fingerprint density at radius 2 is 1.35 bits per heavy atom. The minimum Gasteiger partial charge on any atom is -0.318 e. The maximum atomic E-state index is 13.3. The van der Waals surface area contributed by atoms with Crippen LogP contribution in [0.5, 0.6) is 0 Å². The van der Waals surface area contributed by atoms with Crippen molar-refractivity contribution in [1.82, 2.24) is 0 Å². The van der Waals surface area contributed by atoms with Gasteiger partial charge in [0.2, 0.25) is 0 Å². The van der Waals surface area contributed by atoms with Gasteiger partial charge in [-0.15, -0.1) is 0 Å². The predicted octanol–water partition coefficient (Wildman–Crippen LogP) is 4.92. The standard InChI is InChI=1S/C18H34NO3P/c1-12(2)21-23(20,22-13(3)4)17(19)11-18-8-14-5-15(9-18)7-16(6-14)10-18/h12-17H,5-11,19H2,1-4H3/t14?,15?,16?,17-,18?/m1/s1. The highest BCUT2D eigenvalue weighted by molar-refractivity contribution is 7.54. The van der Waals surface area contributed by atoms with E-state index in [1.165, 1.54) is 38.5 Å². The Morgan fingerprint density at radius 3 is 1.70 bits per heavy atom. The van der Waals surface area contributed by atoms with Gasteiger partial charge in [0.05, 0.1) is 12.2 Å². The van der Waals surface area contributed by atoms with Crippen molar-refractivity contribution in [3.8, 4) is 0 Å². The summed E-state index contributed by atoms with van der Waals surface area (Å²) in [5, 5.41) is 0. The molecule has 0 unspecified atom stereocenters. The first kappa shape index (κ1) is 17.9. The van der Waals surface area contributed by atoms with Crippen molar-refractivity contribution >= 4 is 7.60 Å². The Labute approximate surface area is 141 Å². The van der Waals surface area contributed by atoms with Crippen molar-refractivity contribution < 1.29 is 13.6 Å². The molecule has 0 spiro atoms. The third-order valence-electron chi connectivity index (χ3n) is 5.93. The molecule has 0 saturated heterocycles. The van der Waals surface area contributed by atoms with Gasteiger partial charge in [-0.05, 0) is 95.8 Å². The molecular formula is C18H34NO3P. The second kappa shape index (κ2) is 6.44. The van der Waals surface area contributed by atoms with Crippen molar-refractivity contribution in [2.45, 2.75) is 90.6 Å². The second-order valence-corrected chi connectivity index (χ2v) is 11.2. The van der Waals surface area contributed by atoms with Crippen LogP contribution in [0.2, 0.25) is 0 Å². The molecule has 4 saturated carbocycles. The summed E-state index contributed by atoms with van der Waals surface area (Å²) < 4.78 is 24.8. The Kier molecular flexibility index (Phi) is 5.02.